The van der Waals surface area contributed by atoms with Crippen LogP contribution in [0.5, 0.6) is 0 Å². The molecular weight excluding hydrogens is 345 g/mol. The molecule has 1 amide bonds. The lowest BCUT2D eigenvalue weighted by molar-refractivity contribution is -0.119. The van der Waals surface area contributed by atoms with Gasteiger partial charge in [-0.05, 0) is 30.5 Å². The summed E-state index contributed by atoms with van der Waals surface area (Å²) >= 11 is 1.30. The molecule has 0 aliphatic heterocycles. The second kappa shape index (κ2) is 9.12. The van der Waals surface area contributed by atoms with Crippen LogP contribution in [-0.4, -0.2) is 30.0 Å². The predicted octanol–water partition coefficient (Wildman–Crippen LogP) is 3.54. The number of carbonyl (C=O) groups is 2. The van der Waals surface area contributed by atoms with E-state index in [9.17, 15) is 14.0 Å². The second-order valence-corrected chi connectivity index (χ2v) is 6.64. The van der Waals surface area contributed by atoms with Gasteiger partial charge in [-0.1, -0.05) is 19.9 Å². The number of thiazole rings is 1. The van der Waals surface area contributed by atoms with Crippen LogP contribution in [0.15, 0.2) is 29.6 Å². The van der Waals surface area contributed by atoms with Gasteiger partial charge >= 0.3 is 5.97 Å². The van der Waals surface area contributed by atoms with E-state index in [0.717, 1.165) is 13.0 Å². The van der Waals surface area contributed by atoms with Crippen molar-refractivity contribution in [2.24, 2.45) is 5.92 Å². The predicted molar refractivity (Wildman–Crippen MR) is 95.4 cm³/mol. The molecule has 2 rings (SSSR count). The highest BCUT2D eigenvalue weighted by molar-refractivity contribution is 7.13. The molecule has 0 aliphatic carbocycles. The Morgan fingerprint density at radius 1 is 1.36 bits per heavy atom. The van der Waals surface area contributed by atoms with Crippen LogP contribution >= 0.6 is 11.3 Å². The van der Waals surface area contributed by atoms with Crippen LogP contribution in [0.2, 0.25) is 0 Å². The Morgan fingerprint density at radius 3 is 2.88 bits per heavy atom. The Morgan fingerprint density at radius 2 is 2.16 bits per heavy atom. The third-order valence-corrected chi connectivity index (χ3v) is 3.95. The van der Waals surface area contributed by atoms with E-state index >= 15 is 0 Å². The van der Waals surface area contributed by atoms with Gasteiger partial charge in [0, 0.05) is 17.6 Å². The normalized spacial score (nSPS) is 10.6. The van der Waals surface area contributed by atoms with Gasteiger partial charge < -0.3 is 15.4 Å². The maximum Gasteiger partial charge on any atom is 0.358 e. The number of anilines is 2. The SMILES string of the molecule is CC(C)CCNc1nc(C(=O)OCC(=O)Nc2cccc(F)c2)cs1. The zero-order valence-electron chi connectivity index (χ0n) is 14.0. The smallest absolute Gasteiger partial charge is 0.358 e. The molecular formula is C17H20FN3O3S. The summed E-state index contributed by atoms with van der Waals surface area (Å²) < 4.78 is 18.0. The van der Waals surface area contributed by atoms with Gasteiger partial charge in [-0.15, -0.1) is 11.3 Å². The van der Waals surface area contributed by atoms with Crippen LogP contribution in [0.1, 0.15) is 30.8 Å². The number of carbonyl (C=O) groups excluding carboxylic acids is 2. The number of benzene rings is 1. The van der Waals surface area contributed by atoms with Gasteiger partial charge in [0.1, 0.15) is 5.82 Å². The van der Waals surface area contributed by atoms with E-state index in [2.05, 4.69) is 29.5 Å². The monoisotopic (exact) mass is 365 g/mol. The average Bonchev–Trinajstić information content (AvgIpc) is 3.01. The number of ether oxygens (including phenoxy) is 1. The summed E-state index contributed by atoms with van der Waals surface area (Å²) in [7, 11) is 0. The Kier molecular flexibility index (Phi) is 6.88. The molecule has 0 fully saturated rings. The van der Waals surface area contributed by atoms with Crippen LogP contribution in [0.4, 0.5) is 15.2 Å². The number of nitrogens with zero attached hydrogens (tertiary/aromatic N) is 1. The molecule has 1 heterocycles. The quantitative estimate of drug-likeness (QED) is 0.700. The first-order chi connectivity index (χ1) is 11.9. The van der Waals surface area contributed by atoms with Crippen LogP contribution < -0.4 is 10.6 Å². The molecule has 1 aromatic heterocycles. The summed E-state index contributed by atoms with van der Waals surface area (Å²) in [6.45, 7) is 4.56. The van der Waals surface area contributed by atoms with Crippen molar-refractivity contribution < 1.29 is 18.7 Å². The zero-order chi connectivity index (χ0) is 18.2. The van der Waals surface area contributed by atoms with Crippen molar-refractivity contribution in [1.82, 2.24) is 4.98 Å². The molecule has 0 bridgehead atoms. The highest BCUT2D eigenvalue weighted by atomic mass is 32.1. The highest BCUT2D eigenvalue weighted by Gasteiger charge is 2.14. The van der Waals surface area contributed by atoms with Gasteiger partial charge in [-0.3, -0.25) is 4.79 Å². The number of hydrogen-bond donors (Lipinski definition) is 2. The summed E-state index contributed by atoms with van der Waals surface area (Å²) in [6, 6.07) is 5.46. The average molecular weight is 365 g/mol. The Labute approximate surface area is 149 Å². The minimum absolute atomic E-state index is 0.149. The van der Waals surface area contributed by atoms with Crippen molar-refractivity contribution in [3.8, 4) is 0 Å². The maximum atomic E-state index is 13.0. The van der Waals surface area contributed by atoms with E-state index in [1.807, 2.05) is 0 Å². The van der Waals surface area contributed by atoms with Crippen LogP contribution in [0.25, 0.3) is 0 Å². The topological polar surface area (TPSA) is 80.3 Å². The number of hydrogen-bond acceptors (Lipinski definition) is 6. The van der Waals surface area contributed by atoms with Crippen LogP contribution in [-0.2, 0) is 9.53 Å². The number of esters is 1. The number of halogens is 1. The molecule has 0 atom stereocenters. The first kappa shape index (κ1) is 18.9. The van der Waals surface area contributed by atoms with Crippen molar-refractivity contribution in [2.75, 3.05) is 23.8 Å². The molecule has 0 spiro atoms. The lowest BCUT2D eigenvalue weighted by Gasteiger charge is -2.06. The van der Waals surface area contributed by atoms with E-state index in [0.29, 0.717) is 16.7 Å². The molecule has 2 aromatic rings. The van der Waals surface area contributed by atoms with E-state index in [-0.39, 0.29) is 5.69 Å². The molecule has 0 aliphatic rings. The van der Waals surface area contributed by atoms with Gasteiger partial charge in [0.15, 0.2) is 17.4 Å². The largest absolute Gasteiger partial charge is 0.451 e. The van der Waals surface area contributed by atoms with E-state index in [4.69, 9.17) is 4.74 Å². The number of amides is 1. The van der Waals surface area contributed by atoms with E-state index < -0.39 is 24.3 Å². The number of rotatable bonds is 8. The highest BCUT2D eigenvalue weighted by Crippen LogP contribution is 2.16. The Balaban J connectivity index is 1.78. The standard InChI is InChI=1S/C17H20FN3O3S/c1-11(2)6-7-19-17-21-14(10-25-17)16(23)24-9-15(22)20-13-5-3-4-12(18)8-13/h3-5,8,10-11H,6-7,9H2,1-2H3,(H,19,21)(H,20,22). The second-order valence-electron chi connectivity index (χ2n) is 5.78. The van der Waals surface area contributed by atoms with Gasteiger partial charge in [-0.2, -0.15) is 0 Å². The fraction of sp³-hybridized carbons (Fsp3) is 0.353. The van der Waals surface area contributed by atoms with Crippen molar-refractivity contribution in [3.63, 3.8) is 0 Å². The molecule has 6 nitrogen and oxygen atoms in total. The van der Waals surface area contributed by atoms with Crippen molar-refractivity contribution in [1.29, 1.82) is 0 Å². The van der Waals surface area contributed by atoms with Crippen molar-refractivity contribution >= 4 is 34.0 Å². The molecule has 0 unspecified atom stereocenters. The maximum absolute atomic E-state index is 13.0. The first-order valence-corrected chi connectivity index (χ1v) is 8.74. The Hall–Kier alpha value is -2.48. The third-order valence-electron chi connectivity index (χ3n) is 3.15. The summed E-state index contributed by atoms with van der Waals surface area (Å²) in [5, 5.41) is 7.80. The van der Waals surface area contributed by atoms with Gasteiger partial charge in [0.05, 0.1) is 0 Å². The van der Waals surface area contributed by atoms with Crippen molar-refractivity contribution in [3.05, 3.63) is 41.2 Å². The van der Waals surface area contributed by atoms with Crippen molar-refractivity contribution in [2.45, 2.75) is 20.3 Å². The lowest BCUT2D eigenvalue weighted by Crippen LogP contribution is -2.21. The minimum atomic E-state index is -0.678. The number of aromatic nitrogens is 1. The van der Waals surface area contributed by atoms with Crippen LogP contribution in [0.3, 0.4) is 0 Å². The molecule has 2 N–H and O–H groups in total. The lowest BCUT2D eigenvalue weighted by atomic mass is 10.1. The molecule has 134 valence electrons. The fourth-order valence-electron chi connectivity index (χ4n) is 1.88. The van der Waals surface area contributed by atoms with Gasteiger partial charge in [0.25, 0.3) is 5.91 Å². The summed E-state index contributed by atoms with van der Waals surface area (Å²) in [4.78, 5) is 27.8. The molecule has 0 radical (unpaired) electrons. The first-order valence-electron chi connectivity index (χ1n) is 7.86. The third kappa shape index (κ3) is 6.50. The summed E-state index contributed by atoms with van der Waals surface area (Å²) in [6.07, 6.45) is 1.000. The molecule has 1 aromatic carbocycles. The molecule has 25 heavy (non-hydrogen) atoms. The Bertz CT molecular complexity index is 733. The van der Waals surface area contributed by atoms with Gasteiger partial charge in [0.2, 0.25) is 0 Å². The summed E-state index contributed by atoms with van der Waals surface area (Å²) in [5.74, 6) is -1.12. The molecule has 0 saturated carbocycles. The molecule has 8 heteroatoms. The van der Waals surface area contributed by atoms with Crippen LogP contribution in [0, 0.1) is 11.7 Å². The van der Waals surface area contributed by atoms with Gasteiger partial charge in [-0.25, -0.2) is 14.2 Å². The number of nitrogens with one attached hydrogen (secondary N) is 2. The van der Waals surface area contributed by atoms with E-state index in [1.165, 1.54) is 29.5 Å². The van der Waals surface area contributed by atoms with E-state index in [1.54, 1.807) is 11.4 Å². The summed E-state index contributed by atoms with van der Waals surface area (Å²) in [5.41, 5.74) is 0.446. The zero-order valence-corrected chi connectivity index (χ0v) is 14.9. The fourth-order valence-corrected chi connectivity index (χ4v) is 2.59. The molecule has 0 saturated heterocycles. The minimum Gasteiger partial charge on any atom is -0.451 e.